The van der Waals surface area contributed by atoms with Gasteiger partial charge in [-0.05, 0) is 62.4 Å². The molecule has 1 aliphatic rings. The van der Waals surface area contributed by atoms with Crippen LogP contribution in [0.15, 0.2) is 59.6 Å². The van der Waals surface area contributed by atoms with Crippen LogP contribution in [0.25, 0.3) is 0 Å². The predicted molar refractivity (Wildman–Crippen MR) is 145 cm³/mol. The van der Waals surface area contributed by atoms with Gasteiger partial charge in [-0.2, -0.15) is 0 Å². The second kappa shape index (κ2) is 11.4. The van der Waals surface area contributed by atoms with E-state index >= 15 is 0 Å². The number of rotatable bonds is 8. The molecule has 4 rings (SSSR count). The number of ether oxygens (including phenoxy) is 1. The third-order valence-electron chi connectivity index (χ3n) is 6.31. The average Bonchev–Trinajstić information content (AvgIpc) is 2.86. The summed E-state index contributed by atoms with van der Waals surface area (Å²) in [5, 5.41) is 0.476. The lowest BCUT2D eigenvalue weighted by molar-refractivity contribution is 0.312. The quantitative estimate of drug-likeness (QED) is 0.398. The first-order valence-corrected chi connectivity index (χ1v) is 14.1. The number of halogens is 2. The predicted octanol–water partition coefficient (Wildman–Crippen LogP) is 5.53. The molecule has 1 fully saturated rings. The third kappa shape index (κ3) is 6.12. The molecule has 0 bridgehead atoms. The van der Waals surface area contributed by atoms with Gasteiger partial charge in [-0.1, -0.05) is 36.2 Å². The Morgan fingerprint density at radius 3 is 2.50 bits per heavy atom. The van der Waals surface area contributed by atoms with Gasteiger partial charge in [0, 0.05) is 55.7 Å². The number of sulfonamides is 1. The van der Waals surface area contributed by atoms with Crippen molar-refractivity contribution in [2.24, 2.45) is 0 Å². The summed E-state index contributed by atoms with van der Waals surface area (Å²) >= 11 is 12.0. The van der Waals surface area contributed by atoms with E-state index in [-0.39, 0.29) is 9.92 Å². The summed E-state index contributed by atoms with van der Waals surface area (Å²) in [5.41, 5.74) is 2.74. The molecule has 2 aromatic carbocycles. The molecule has 0 aliphatic carbocycles. The Kier molecular flexibility index (Phi) is 8.42. The van der Waals surface area contributed by atoms with Crippen molar-refractivity contribution in [3.8, 4) is 11.6 Å². The molecule has 10 heteroatoms. The standard InChI is InChI=1S/C26H30Cl2N4O3S/c1-4-22-23(18(2)30-36(33,34)21-8-9-24(27)25(28)17-21)10-11-29-26(22)35-20-7-5-6-19(16-20)32-14-12-31(3)13-15-32/h5-11,16-18,30H,4,12-15H2,1-3H3/t18-/m0/s1. The van der Waals surface area contributed by atoms with Crippen LogP contribution in [0.2, 0.25) is 10.0 Å². The molecule has 3 aromatic rings. The lowest BCUT2D eigenvalue weighted by atomic mass is 10.0. The number of hydrogen-bond acceptors (Lipinski definition) is 6. The maximum atomic E-state index is 13.0. The Bertz CT molecular complexity index is 1330. The maximum Gasteiger partial charge on any atom is 0.241 e. The number of pyridine rings is 1. The van der Waals surface area contributed by atoms with E-state index in [1.807, 2.05) is 31.2 Å². The van der Waals surface area contributed by atoms with Crippen molar-refractivity contribution in [2.75, 3.05) is 38.1 Å². The number of nitrogens with one attached hydrogen (secondary N) is 1. The van der Waals surface area contributed by atoms with E-state index in [9.17, 15) is 8.42 Å². The lowest BCUT2D eigenvalue weighted by Gasteiger charge is -2.34. The molecule has 2 heterocycles. The summed E-state index contributed by atoms with van der Waals surface area (Å²) in [6.07, 6.45) is 2.26. The fourth-order valence-electron chi connectivity index (χ4n) is 4.26. The SMILES string of the molecule is CCc1c([C@H](C)NS(=O)(=O)c2ccc(Cl)c(Cl)c2)ccnc1Oc1cccc(N2CCN(C)CC2)c1. The van der Waals surface area contributed by atoms with Crippen molar-refractivity contribution in [1.82, 2.24) is 14.6 Å². The molecular weight excluding hydrogens is 519 g/mol. The van der Waals surface area contributed by atoms with Crippen molar-refractivity contribution in [1.29, 1.82) is 0 Å². The molecule has 0 spiro atoms. The molecule has 192 valence electrons. The smallest absolute Gasteiger partial charge is 0.241 e. The number of anilines is 1. The van der Waals surface area contributed by atoms with Crippen LogP contribution in [0.4, 0.5) is 5.69 Å². The average molecular weight is 550 g/mol. The first kappa shape index (κ1) is 26.7. The molecule has 1 aliphatic heterocycles. The largest absolute Gasteiger partial charge is 0.439 e. The summed E-state index contributed by atoms with van der Waals surface area (Å²) in [4.78, 5) is 9.17. The highest BCUT2D eigenvalue weighted by molar-refractivity contribution is 7.89. The van der Waals surface area contributed by atoms with Gasteiger partial charge in [-0.25, -0.2) is 18.1 Å². The van der Waals surface area contributed by atoms with E-state index in [1.54, 1.807) is 13.1 Å². The highest BCUT2D eigenvalue weighted by atomic mass is 35.5. The van der Waals surface area contributed by atoms with Gasteiger partial charge in [-0.3, -0.25) is 0 Å². The van der Waals surface area contributed by atoms with Gasteiger partial charge in [0.15, 0.2) is 0 Å². The second-order valence-electron chi connectivity index (χ2n) is 8.85. The summed E-state index contributed by atoms with van der Waals surface area (Å²) in [6, 6.07) is 13.5. The molecule has 0 unspecified atom stereocenters. The highest BCUT2D eigenvalue weighted by Crippen LogP contribution is 2.32. The number of aromatic nitrogens is 1. The van der Waals surface area contributed by atoms with Crippen molar-refractivity contribution < 1.29 is 13.2 Å². The van der Waals surface area contributed by atoms with Crippen LogP contribution in [-0.4, -0.2) is 51.5 Å². The zero-order valence-electron chi connectivity index (χ0n) is 20.5. The number of hydrogen-bond donors (Lipinski definition) is 1. The van der Waals surface area contributed by atoms with E-state index in [4.69, 9.17) is 27.9 Å². The first-order chi connectivity index (χ1) is 17.2. The molecule has 1 atom stereocenters. The monoisotopic (exact) mass is 548 g/mol. The van der Waals surface area contributed by atoms with Gasteiger partial charge < -0.3 is 14.5 Å². The topological polar surface area (TPSA) is 74.8 Å². The fourth-order valence-corrected chi connectivity index (χ4v) is 5.88. The van der Waals surface area contributed by atoms with Crippen LogP contribution >= 0.6 is 23.2 Å². The van der Waals surface area contributed by atoms with Crippen molar-refractivity contribution >= 4 is 38.9 Å². The van der Waals surface area contributed by atoms with E-state index in [2.05, 4.69) is 32.6 Å². The van der Waals surface area contributed by atoms with Gasteiger partial charge in [0.1, 0.15) is 5.75 Å². The minimum atomic E-state index is -3.83. The molecular formula is C26H30Cl2N4O3S. The number of nitrogens with zero attached hydrogens (tertiary/aromatic N) is 3. The first-order valence-electron chi connectivity index (χ1n) is 11.8. The molecule has 1 aromatic heterocycles. The van der Waals surface area contributed by atoms with Crippen LogP contribution < -0.4 is 14.4 Å². The minimum absolute atomic E-state index is 0.0491. The van der Waals surface area contributed by atoms with Gasteiger partial charge in [0.2, 0.25) is 15.9 Å². The van der Waals surface area contributed by atoms with Crippen molar-refractivity contribution in [3.05, 3.63) is 75.9 Å². The van der Waals surface area contributed by atoms with Crippen molar-refractivity contribution in [3.63, 3.8) is 0 Å². The third-order valence-corrected chi connectivity index (χ3v) is 8.58. The second-order valence-corrected chi connectivity index (χ2v) is 11.4. The molecule has 0 saturated carbocycles. The normalized spacial score (nSPS) is 15.6. The summed E-state index contributed by atoms with van der Waals surface area (Å²) in [5.74, 6) is 1.15. The Labute approximate surface area is 223 Å². The van der Waals surface area contributed by atoms with Crippen molar-refractivity contribution in [2.45, 2.75) is 31.2 Å². The van der Waals surface area contributed by atoms with Crippen LogP contribution in [0.3, 0.4) is 0 Å². The number of piperazine rings is 1. The van der Waals surface area contributed by atoms with Crippen LogP contribution in [-0.2, 0) is 16.4 Å². The van der Waals surface area contributed by atoms with E-state index in [0.717, 1.165) is 43.0 Å². The van der Waals surface area contributed by atoms with Crippen LogP contribution in [0, 0.1) is 0 Å². The lowest BCUT2D eigenvalue weighted by Crippen LogP contribution is -2.44. The highest BCUT2D eigenvalue weighted by Gasteiger charge is 2.23. The Balaban J connectivity index is 1.55. The number of likely N-dealkylation sites (N-methyl/N-ethyl adjacent to an activating group) is 1. The van der Waals surface area contributed by atoms with Crippen LogP contribution in [0.1, 0.15) is 31.0 Å². The molecule has 36 heavy (non-hydrogen) atoms. The van der Waals surface area contributed by atoms with Crippen LogP contribution in [0.5, 0.6) is 11.6 Å². The Morgan fingerprint density at radius 2 is 1.81 bits per heavy atom. The Morgan fingerprint density at radius 1 is 1.06 bits per heavy atom. The Hall–Kier alpha value is -2.36. The zero-order valence-corrected chi connectivity index (χ0v) is 22.9. The minimum Gasteiger partial charge on any atom is -0.439 e. The number of benzene rings is 2. The molecule has 0 radical (unpaired) electrons. The maximum absolute atomic E-state index is 13.0. The van der Waals surface area contributed by atoms with E-state index in [0.29, 0.717) is 23.1 Å². The zero-order chi connectivity index (χ0) is 25.9. The fraction of sp³-hybridized carbons (Fsp3) is 0.346. The van der Waals surface area contributed by atoms with Gasteiger partial charge in [0.25, 0.3) is 0 Å². The molecule has 7 nitrogen and oxygen atoms in total. The van der Waals surface area contributed by atoms with E-state index < -0.39 is 16.1 Å². The van der Waals surface area contributed by atoms with Gasteiger partial charge in [-0.15, -0.1) is 0 Å². The molecule has 1 saturated heterocycles. The summed E-state index contributed by atoms with van der Waals surface area (Å²) in [6.45, 7) is 7.75. The van der Waals surface area contributed by atoms with Gasteiger partial charge in [0.05, 0.1) is 14.9 Å². The summed E-state index contributed by atoms with van der Waals surface area (Å²) < 4.78 is 35.0. The van der Waals surface area contributed by atoms with E-state index in [1.165, 1.54) is 18.2 Å². The molecule has 1 N–H and O–H groups in total. The summed E-state index contributed by atoms with van der Waals surface area (Å²) in [7, 11) is -1.70. The van der Waals surface area contributed by atoms with Gasteiger partial charge >= 0.3 is 0 Å². The molecule has 0 amide bonds.